The van der Waals surface area contributed by atoms with Crippen LogP contribution in [0.5, 0.6) is 0 Å². The maximum atomic E-state index is 12.0. The van der Waals surface area contributed by atoms with E-state index in [9.17, 15) is 4.79 Å². The van der Waals surface area contributed by atoms with Crippen LogP contribution in [0, 0.1) is 0 Å². The zero-order valence-electron chi connectivity index (χ0n) is 13.1. The molecule has 0 bridgehead atoms. The number of hydrogen-bond donors (Lipinski definition) is 1. The summed E-state index contributed by atoms with van der Waals surface area (Å²) in [7, 11) is 3.48. The van der Waals surface area contributed by atoms with Crippen molar-refractivity contribution < 1.29 is 9.26 Å². The first-order valence-electron chi connectivity index (χ1n) is 7.06. The predicted octanol–water partition coefficient (Wildman–Crippen LogP) is 1.71. The normalized spacial score (nSPS) is 13.0. The Labute approximate surface area is 136 Å². The highest BCUT2D eigenvalue weighted by atomic mass is 32.1. The number of thiophene rings is 1. The van der Waals surface area contributed by atoms with Gasteiger partial charge in [0, 0.05) is 7.11 Å². The van der Waals surface area contributed by atoms with Gasteiger partial charge < -0.3 is 14.2 Å². The van der Waals surface area contributed by atoms with E-state index in [1.807, 2.05) is 30.3 Å². The maximum absolute atomic E-state index is 12.0. The molecule has 3 heterocycles. The number of hydrogen-bond acceptors (Lipinski definition) is 8. The lowest BCUT2D eigenvalue weighted by molar-refractivity contribution is 0.173. The first kappa shape index (κ1) is 15.8. The highest BCUT2D eigenvalue weighted by Crippen LogP contribution is 2.19. The zero-order chi connectivity index (χ0) is 16.4. The average molecular weight is 335 g/mol. The quantitative estimate of drug-likeness (QED) is 0.732. The number of ether oxygens (including phenoxy) is 1. The number of rotatable bonds is 6. The summed E-state index contributed by atoms with van der Waals surface area (Å²) in [6.07, 6.45) is 0. The maximum Gasteiger partial charge on any atom is 0.268 e. The Bertz CT molecular complexity index is 855. The molecule has 0 saturated carbocycles. The predicted molar refractivity (Wildman–Crippen MR) is 85.1 cm³/mol. The monoisotopic (exact) mass is 335 g/mol. The summed E-state index contributed by atoms with van der Waals surface area (Å²) in [4.78, 5) is 25.5. The van der Waals surface area contributed by atoms with Crippen LogP contribution in [0.25, 0.3) is 10.2 Å². The van der Waals surface area contributed by atoms with Crippen molar-refractivity contribution in [1.29, 1.82) is 0 Å². The number of nitrogens with one attached hydrogen (secondary N) is 1. The molecular formula is C14H17N5O3S. The van der Waals surface area contributed by atoms with Gasteiger partial charge >= 0.3 is 0 Å². The van der Waals surface area contributed by atoms with Crippen LogP contribution in [0.2, 0.25) is 0 Å². The lowest BCUT2D eigenvalue weighted by Gasteiger charge is -2.20. The van der Waals surface area contributed by atoms with Gasteiger partial charge in [0.15, 0.2) is 5.82 Å². The number of nitrogens with zero attached hydrogens (tertiary/aromatic N) is 4. The van der Waals surface area contributed by atoms with Crippen molar-refractivity contribution in [2.45, 2.75) is 26.1 Å². The minimum Gasteiger partial charge on any atom is -0.377 e. The van der Waals surface area contributed by atoms with Crippen molar-refractivity contribution in [1.82, 2.24) is 25.0 Å². The second-order valence-corrected chi connectivity index (χ2v) is 6.14. The molecule has 0 unspecified atom stereocenters. The summed E-state index contributed by atoms with van der Waals surface area (Å²) in [5.74, 6) is 1.61. The topological polar surface area (TPSA) is 97.1 Å². The van der Waals surface area contributed by atoms with Gasteiger partial charge in [0.05, 0.1) is 18.1 Å². The van der Waals surface area contributed by atoms with Crippen molar-refractivity contribution in [3.8, 4) is 0 Å². The Morgan fingerprint density at radius 2 is 2.30 bits per heavy atom. The van der Waals surface area contributed by atoms with Gasteiger partial charge in [-0.2, -0.15) is 4.98 Å². The number of H-pyrrole nitrogens is 1. The minimum atomic E-state index is -0.114. The van der Waals surface area contributed by atoms with Crippen LogP contribution in [0.4, 0.5) is 0 Å². The standard InChI is InChI=1S/C14H17N5O3S/c1-8(14-17-11(7-21-3)18-22-14)19(2)6-10-15-9-4-5-23-12(9)13(20)16-10/h4-5,8H,6-7H2,1-3H3,(H,15,16,20)/t8-/m1/s1. The number of fused-ring (bicyclic) bond motifs is 1. The molecule has 3 aromatic heterocycles. The molecule has 122 valence electrons. The molecule has 3 aromatic rings. The van der Waals surface area contributed by atoms with Crippen LogP contribution >= 0.6 is 11.3 Å². The summed E-state index contributed by atoms with van der Waals surface area (Å²) in [5, 5.41) is 5.71. The molecular weight excluding hydrogens is 318 g/mol. The van der Waals surface area contributed by atoms with E-state index in [4.69, 9.17) is 9.26 Å². The molecule has 8 nitrogen and oxygen atoms in total. The van der Waals surface area contributed by atoms with Crippen LogP contribution in [-0.4, -0.2) is 39.2 Å². The molecule has 0 aromatic carbocycles. The molecule has 0 spiro atoms. The van der Waals surface area contributed by atoms with E-state index >= 15 is 0 Å². The molecule has 1 N–H and O–H groups in total. The highest BCUT2D eigenvalue weighted by Gasteiger charge is 2.20. The van der Waals surface area contributed by atoms with Gasteiger partial charge in [-0.25, -0.2) is 4.98 Å². The van der Waals surface area contributed by atoms with Crippen LogP contribution in [0.1, 0.15) is 30.5 Å². The lowest BCUT2D eigenvalue weighted by atomic mass is 10.3. The molecule has 0 aliphatic carbocycles. The smallest absolute Gasteiger partial charge is 0.268 e. The third-order valence-corrected chi connectivity index (χ3v) is 4.44. The van der Waals surface area contributed by atoms with E-state index in [1.165, 1.54) is 11.3 Å². The molecule has 9 heteroatoms. The second kappa shape index (κ2) is 6.57. The van der Waals surface area contributed by atoms with Gasteiger partial charge in [-0.1, -0.05) is 5.16 Å². The average Bonchev–Trinajstić information content (AvgIpc) is 3.16. The second-order valence-electron chi connectivity index (χ2n) is 5.22. The van der Waals surface area contributed by atoms with Crippen LogP contribution in [0.3, 0.4) is 0 Å². The third-order valence-electron chi connectivity index (χ3n) is 3.54. The summed E-state index contributed by atoms with van der Waals surface area (Å²) >= 11 is 1.39. The molecule has 0 amide bonds. The Morgan fingerprint density at radius 1 is 1.48 bits per heavy atom. The fraction of sp³-hybridized carbons (Fsp3) is 0.429. The van der Waals surface area contributed by atoms with Gasteiger partial charge in [0.25, 0.3) is 5.56 Å². The molecule has 1 atom stereocenters. The van der Waals surface area contributed by atoms with Crippen molar-refractivity contribution in [2.24, 2.45) is 0 Å². The Morgan fingerprint density at radius 3 is 3.09 bits per heavy atom. The van der Waals surface area contributed by atoms with Crippen molar-refractivity contribution >= 4 is 21.6 Å². The fourth-order valence-corrected chi connectivity index (χ4v) is 2.91. The van der Waals surface area contributed by atoms with Gasteiger partial charge in [-0.05, 0) is 25.4 Å². The van der Waals surface area contributed by atoms with Crippen LogP contribution in [0.15, 0.2) is 20.8 Å². The van der Waals surface area contributed by atoms with Crippen molar-refractivity contribution in [2.75, 3.05) is 14.2 Å². The van der Waals surface area contributed by atoms with Crippen molar-refractivity contribution in [3.63, 3.8) is 0 Å². The van der Waals surface area contributed by atoms with Crippen molar-refractivity contribution in [3.05, 3.63) is 39.3 Å². The number of aromatic nitrogens is 4. The molecule has 23 heavy (non-hydrogen) atoms. The summed E-state index contributed by atoms with van der Waals surface area (Å²) < 4.78 is 10.9. The van der Waals surface area contributed by atoms with E-state index < -0.39 is 0 Å². The van der Waals surface area contributed by atoms with E-state index in [0.29, 0.717) is 35.4 Å². The van der Waals surface area contributed by atoms with E-state index in [2.05, 4.69) is 20.1 Å². The molecule has 0 saturated heterocycles. The summed E-state index contributed by atoms with van der Waals surface area (Å²) in [6, 6.07) is 1.73. The molecule has 0 aliphatic rings. The fourth-order valence-electron chi connectivity index (χ4n) is 2.18. The summed E-state index contributed by atoms with van der Waals surface area (Å²) in [5.41, 5.74) is 0.608. The van der Waals surface area contributed by atoms with E-state index in [0.717, 1.165) is 5.52 Å². The Hall–Kier alpha value is -2.10. The first-order chi connectivity index (χ1) is 11.1. The van der Waals surface area contributed by atoms with E-state index in [1.54, 1.807) is 7.11 Å². The number of aromatic amines is 1. The van der Waals surface area contributed by atoms with Gasteiger partial charge in [0.1, 0.15) is 17.1 Å². The van der Waals surface area contributed by atoms with Gasteiger partial charge in [-0.15, -0.1) is 11.3 Å². The molecule has 0 fully saturated rings. The largest absolute Gasteiger partial charge is 0.377 e. The Kier molecular flexibility index (Phi) is 4.51. The molecule has 3 rings (SSSR count). The summed E-state index contributed by atoms with van der Waals surface area (Å²) in [6.45, 7) is 2.72. The van der Waals surface area contributed by atoms with Gasteiger partial charge in [-0.3, -0.25) is 9.69 Å². The minimum absolute atomic E-state index is 0.110. The third kappa shape index (κ3) is 3.31. The first-order valence-corrected chi connectivity index (χ1v) is 7.94. The van der Waals surface area contributed by atoms with Crippen LogP contribution < -0.4 is 5.56 Å². The SMILES string of the molecule is COCc1noc([C@@H](C)N(C)Cc2nc3ccsc3c(=O)[nH]2)n1. The highest BCUT2D eigenvalue weighted by molar-refractivity contribution is 7.17. The van der Waals surface area contributed by atoms with Gasteiger partial charge in [0.2, 0.25) is 5.89 Å². The van der Waals surface area contributed by atoms with Crippen LogP contribution in [-0.2, 0) is 17.9 Å². The Balaban J connectivity index is 1.76. The van der Waals surface area contributed by atoms with E-state index in [-0.39, 0.29) is 11.6 Å². The lowest BCUT2D eigenvalue weighted by Crippen LogP contribution is -2.25. The number of methoxy groups -OCH3 is 1. The zero-order valence-corrected chi connectivity index (χ0v) is 13.9. The molecule has 0 radical (unpaired) electrons. The molecule has 0 aliphatic heterocycles.